The Morgan fingerprint density at radius 2 is 1.36 bits per heavy atom. The van der Waals surface area contributed by atoms with E-state index < -0.39 is 0 Å². The van der Waals surface area contributed by atoms with Crippen molar-refractivity contribution in [1.29, 1.82) is 0 Å². The molecule has 112 valence electrons. The Bertz CT molecular complexity index is 770. The lowest BCUT2D eigenvalue weighted by Gasteiger charge is -2.19. The Labute approximate surface area is 130 Å². The molecule has 0 atom stereocenters. The van der Waals surface area contributed by atoms with Gasteiger partial charge in [-0.15, -0.1) is 0 Å². The van der Waals surface area contributed by atoms with Crippen LogP contribution in [-0.2, 0) is 6.54 Å². The highest BCUT2D eigenvalue weighted by Crippen LogP contribution is 2.27. The number of hydrogen-bond donors (Lipinski definition) is 0. The highest BCUT2D eigenvalue weighted by atomic mass is 16.2. The number of benzene rings is 2. The Morgan fingerprint density at radius 1 is 0.818 bits per heavy atom. The van der Waals surface area contributed by atoms with Crippen LogP contribution in [0.3, 0.4) is 0 Å². The fraction of sp³-hybridized carbons (Fsp3) is 0.263. The number of hydrogen-bond acceptors (Lipinski definition) is 2. The van der Waals surface area contributed by atoms with E-state index in [4.69, 9.17) is 0 Å². The van der Waals surface area contributed by atoms with Crippen molar-refractivity contribution >= 4 is 11.8 Å². The predicted octanol–water partition coefficient (Wildman–Crippen LogP) is 3.72. The second-order valence-corrected chi connectivity index (χ2v) is 5.97. The van der Waals surface area contributed by atoms with Crippen LogP contribution in [0.15, 0.2) is 30.3 Å². The average Bonchev–Trinajstić information content (AvgIpc) is 2.76. The third-order valence-corrected chi connectivity index (χ3v) is 4.80. The number of amides is 2. The molecule has 2 amide bonds. The van der Waals surface area contributed by atoms with E-state index >= 15 is 0 Å². The van der Waals surface area contributed by atoms with Crippen molar-refractivity contribution in [2.24, 2.45) is 0 Å². The van der Waals surface area contributed by atoms with E-state index in [2.05, 4.69) is 33.8 Å². The molecule has 0 saturated carbocycles. The van der Waals surface area contributed by atoms with Crippen molar-refractivity contribution in [3.63, 3.8) is 0 Å². The fourth-order valence-electron chi connectivity index (χ4n) is 3.01. The van der Waals surface area contributed by atoms with Crippen molar-refractivity contribution in [2.45, 2.75) is 34.2 Å². The highest BCUT2D eigenvalue weighted by molar-refractivity contribution is 6.21. The first-order valence-corrected chi connectivity index (χ1v) is 7.43. The zero-order valence-electron chi connectivity index (χ0n) is 13.4. The summed E-state index contributed by atoms with van der Waals surface area (Å²) in [5, 5.41) is 0. The second-order valence-electron chi connectivity index (χ2n) is 5.97. The van der Waals surface area contributed by atoms with E-state index in [-0.39, 0.29) is 11.8 Å². The number of aryl methyl sites for hydroxylation is 1. The van der Waals surface area contributed by atoms with E-state index in [1.807, 2.05) is 0 Å². The van der Waals surface area contributed by atoms with E-state index in [0.717, 1.165) is 11.1 Å². The molecule has 1 heterocycles. The minimum atomic E-state index is -0.198. The molecule has 0 N–H and O–H groups in total. The maximum Gasteiger partial charge on any atom is 0.261 e. The standard InChI is InChI=1S/C19H19NO2/c1-11-9-15(14(4)13(3)12(11)2)10-20-18(21)16-7-5-6-8-17(16)19(20)22/h5-9H,10H2,1-4H3. The van der Waals surface area contributed by atoms with Crippen LogP contribution in [0.4, 0.5) is 0 Å². The summed E-state index contributed by atoms with van der Waals surface area (Å²) in [5.74, 6) is -0.397. The highest BCUT2D eigenvalue weighted by Gasteiger charge is 2.35. The lowest BCUT2D eigenvalue weighted by molar-refractivity contribution is 0.0642. The van der Waals surface area contributed by atoms with E-state index in [1.54, 1.807) is 24.3 Å². The molecular weight excluding hydrogens is 274 g/mol. The molecule has 3 nitrogen and oxygen atoms in total. The number of carbonyl (C=O) groups excluding carboxylic acids is 2. The Kier molecular flexibility index (Phi) is 3.36. The van der Waals surface area contributed by atoms with Gasteiger partial charge in [0.1, 0.15) is 0 Å². The molecule has 0 radical (unpaired) electrons. The van der Waals surface area contributed by atoms with Crippen molar-refractivity contribution in [3.05, 3.63) is 69.3 Å². The summed E-state index contributed by atoms with van der Waals surface area (Å²) in [6.07, 6.45) is 0. The Morgan fingerprint density at radius 3 is 1.91 bits per heavy atom. The van der Waals surface area contributed by atoms with Gasteiger partial charge in [-0.05, 0) is 67.6 Å². The number of nitrogens with zero attached hydrogens (tertiary/aromatic N) is 1. The molecule has 2 aromatic carbocycles. The molecule has 1 aliphatic rings. The average molecular weight is 293 g/mol. The van der Waals surface area contributed by atoms with Crippen molar-refractivity contribution < 1.29 is 9.59 Å². The van der Waals surface area contributed by atoms with Crippen LogP contribution in [-0.4, -0.2) is 16.7 Å². The lowest BCUT2D eigenvalue weighted by Crippen LogP contribution is -2.29. The zero-order chi connectivity index (χ0) is 16.0. The normalized spacial score (nSPS) is 13.7. The van der Waals surface area contributed by atoms with E-state index in [1.165, 1.54) is 21.6 Å². The van der Waals surface area contributed by atoms with Gasteiger partial charge < -0.3 is 0 Å². The summed E-state index contributed by atoms with van der Waals surface area (Å²) in [4.78, 5) is 26.3. The molecule has 1 aliphatic heterocycles. The van der Waals surface area contributed by atoms with Crippen LogP contribution in [0, 0.1) is 27.7 Å². The van der Waals surface area contributed by atoms with Crippen LogP contribution < -0.4 is 0 Å². The molecular formula is C19H19NO2. The Balaban J connectivity index is 1.99. The number of imide groups is 1. The summed E-state index contributed by atoms with van der Waals surface area (Å²) in [7, 11) is 0. The monoisotopic (exact) mass is 293 g/mol. The second kappa shape index (κ2) is 5.09. The van der Waals surface area contributed by atoms with Gasteiger partial charge in [-0.2, -0.15) is 0 Å². The SMILES string of the molecule is Cc1cc(CN2C(=O)c3ccccc3C2=O)c(C)c(C)c1C. The molecule has 22 heavy (non-hydrogen) atoms. The topological polar surface area (TPSA) is 37.4 Å². The van der Waals surface area contributed by atoms with Crippen LogP contribution in [0.5, 0.6) is 0 Å². The molecule has 0 aliphatic carbocycles. The number of carbonyl (C=O) groups is 2. The summed E-state index contributed by atoms with van der Waals surface area (Å²) in [5.41, 5.74) is 6.89. The van der Waals surface area contributed by atoms with Crippen LogP contribution >= 0.6 is 0 Å². The van der Waals surface area contributed by atoms with Crippen LogP contribution in [0.1, 0.15) is 48.5 Å². The van der Waals surface area contributed by atoms with E-state index in [9.17, 15) is 9.59 Å². The van der Waals surface area contributed by atoms with Gasteiger partial charge in [-0.3, -0.25) is 14.5 Å². The lowest BCUT2D eigenvalue weighted by atomic mass is 9.94. The minimum Gasteiger partial charge on any atom is -0.270 e. The summed E-state index contributed by atoms with van der Waals surface area (Å²) < 4.78 is 0. The number of rotatable bonds is 2. The molecule has 0 fully saturated rings. The van der Waals surface area contributed by atoms with Crippen LogP contribution in [0.2, 0.25) is 0 Å². The van der Waals surface area contributed by atoms with Gasteiger partial charge in [-0.1, -0.05) is 18.2 Å². The summed E-state index contributed by atoms with van der Waals surface area (Å²) in [6.45, 7) is 8.63. The first-order valence-electron chi connectivity index (χ1n) is 7.43. The molecule has 3 rings (SSSR count). The first kappa shape index (κ1) is 14.5. The quantitative estimate of drug-likeness (QED) is 0.791. The zero-order valence-corrected chi connectivity index (χ0v) is 13.4. The maximum absolute atomic E-state index is 12.5. The van der Waals surface area contributed by atoms with Gasteiger partial charge in [0, 0.05) is 0 Å². The van der Waals surface area contributed by atoms with Crippen LogP contribution in [0.25, 0.3) is 0 Å². The maximum atomic E-state index is 12.5. The summed E-state index contributed by atoms with van der Waals surface area (Å²) in [6, 6.07) is 9.10. The van der Waals surface area contributed by atoms with Gasteiger partial charge in [0.25, 0.3) is 11.8 Å². The van der Waals surface area contributed by atoms with Gasteiger partial charge in [0.15, 0.2) is 0 Å². The molecule has 0 saturated heterocycles. The van der Waals surface area contributed by atoms with Gasteiger partial charge in [0.2, 0.25) is 0 Å². The molecule has 0 bridgehead atoms. The van der Waals surface area contributed by atoms with E-state index in [0.29, 0.717) is 17.7 Å². The third kappa shape index (κ3) is 2.05. The van der Waals surface area contributed by atoms with Crippen molar-refractivity contribution in [1.82, 2.24) is 4.90 Å². The fourth-order valence-corrected chi connectivity index (χ4v) is 3.01. The van der Waals surface area contributed by atoms with Crippen molar-refractivity contribution in [2.75, 3.05) is 0 Å². The first-order chi connectivity index (χ1) is 10.4. The van der Waals surface area contributed by atoms with Crippen molar-refractivity contribution in [3.8, 4) is 0 Å². The van der Waals surface area contributed by atoms with Gasteiger partial charge >= 0.3 is 0 Å². The van der Waals surface area contributed by atoms with Gasteiger partial charge in [-0.25, -0.2) is 0 Å². The summed E-state index contributed by atoms with van der Waals surface area (Å²) >= 11 is 0. The predicted molar refractivity (Wildman–Crippen MR) is 86.0 cm³/mol. The minimum absolute atomic E-state index is 0.198. The van der Waals surface area contributed by atoms with Gasteiger partial charge in [0.05, 0.1) is 17.7 Å². The largest absolute Gasteiger partial charge is 0.270 e. The molecule has 2 aromatic rings. The molecule has 3 heteroatoms. The number of fused-ring (bicyclic) bond motifs is 1. The molecule has 0 unspecified atom stereocenters. The Hall–Kier alpha value is -2.42. The molecule has 0 spiro atoms. The smallest absolute Gasteiger partial charge is 0.261 e. The molecule has 0 aromatic heterocycles. The third-order valence-electron chi connectivity index (χ3n) is 4.80.